The zero-order chi connectivity index (χ0) is 16.1. The molecule has 0 saturated carbocycles. The van der Waals surface area contributed by atoms with Crippen LogP contribution in [0, 0.1) is 0 Å². The number of ether oxygens (including phenoxy) is 1. The Bertz CT molecular complexity index is 731. The van der Waals surface area contributed by atoms with Crippen molar-refractivity contribution in [2.75, 3.05) is 7.11 Å². The van der Waals surface area contributed by atoms with Crippen molar-refractivity contribution in [1.29, 1.82) is 0 Å². The van der Waals surface area contributed by atoms with Gasteiger partial charge in [-0.2, -0.15) is 5.10 Å². The number of carbonyl (C=O) groups is 1. The molecule has 6 nitrogen and oxygen atoms in total. The van der Waals surface area contributed by atoms with Crippen LogP contribution in [0.5, 0.6) is 17.2 Å². The molecule has 0 aromatic heterocycles. The molecule has 0 unspecified atom stereocenters. The van der Waals surface area contributed by atoms with Crippen LogP contribution in [0.2, 0.25) is 0 Å². The SMILES string of the molecule is COc1cc(Br)c(O)c(/C=N/NC(=O)c2ccccc2O)c1. The van der Waals surface area contributed by atoms with Gasteiger partial charge in [0.05, 0.1) is 23.4 Å². The van der Waals surface area contributed by atoms with Gasteiger partial charge in [-0.15, -0.1) is 0 Å². The molecule has 0 fully saturated rings. The predicted octanol–water partition coefficient (Wildman–Crippen LogP) is 2.63. The quantitative estimate of drug-likeness (QED) is 0.574. The van der Waals surface area contributed by atoms with Crippen LogP contribution in [0.25, 0.3) is 0 Å². The number of methoxy groups -OCH3 is 1. The van der Waals surface area contributed by atoms with Crippen LogP contribution in [0.4, 0.5) is 0 Å². The molecule has 0 spiro atoms. The number of phenols is 2. The molecule has 0 heterocycles. The molecular formula is C15H13BrN2O4. The summed E-state index contributed by atoms with van der Waals surface area (Å²) in [6.45, 7) is 0. The molecule has 0 radical (unpaired) electrons. The Kier molecular flexibility index (Phi) is 5.00. The number of benzene rings is 2. The van der Waals surface area contributed by atoms with Crippen LogP contribution >= 0.6 is 15.9 Å². The van der Waals surface area contributed by atoms with Gasteiger partial charge >= 0.3 is 0 Å². The van der Waals surface area contributed by atoms with Gasteiger partial charge in [-0.05, 0) is 40.2 Å². The first-order valence-corrected chi connectivity index (χ1v) is 7.00. The van der Waals surface area contributed by atoms with Gasteiger partial charge in [0.15, 0.2) is 0 Å². The number of rotatable bonds is 4. The number of nitrogens with one attached hydrogen (secondary N) is 1. The number of nitrogens with zero attached hydrogens (tertiary/aromatic N) is 1. The van der Waals surface area contributed by atoms with E-state index in [2.05, 4.69) is 26.5 Å². The Morgan fingerprint density at radius 2 is 2.05 bits per heavy atom. The van der Waals surface area contributed by atoms with Crippen LogP contribution in [0.15, 0.2) is 46.0 Å². The summed E-state index contributed by atoms with van der Waals surface area (Å²) in [5.74, 6) is -0.197. The van der Waals surface area contributed by atoms with Crippen LogP contribution in [0.1, 0.15) is 15.9 Å². The summed E-state index contributed by atoms with van der Waals surface area (Å²) in [6.07, 6.45) is 1.28. The maximum atomic E-state index is 11.8. The molecule has 0 aliphatic heterocycles. The van der Waals surface area contributed by atoms with E-state index in [0.29, 0.717) is 15.8 Å². The largest absolute Gasteiger partial charge is 0.507 e. The third kappa shape index (κ3) is 3.56. The topological polar surface area (TPSA) is 91.2 Å². The summed E-state index contributed by atoms with van der Waals surface area (Å²) in [4.78, 5) is 11.8. The molecule has 0 atom stereocenters. The molecule has 0 aliphatic carbocycles. The third-order valence-electron chi connectivity index (χ3n) is 2.82. The molecule has 0 bridgehead atoms. The van der Waals surface area contributed by atoms with Crippen molar-refractivity contribution in [3.8, 4) is 17.2 Å². The van der Waals surface area contributed by atoms with Gasteiger partial charge in [-0.3, -0.25) is 4.79 Å². The number of hydrogen-bond donors (Lipinski definition) is 3. The number of carbonyl (C=O) groups excluding carboxylic acids is 1. The number of aromatic hydroxyl groups is 2. The zero-order valence-electron chi connectivity index (χ0n) is 11.6. The summed E-state index contributed by atoms with van der Waals surface area (Å²) in [7, 11) is 1.50. The standard InChI is InChI=1S/C15H13BrN2O4/c1-22-10-6-9(14(20)12(16)7-10)8-17-18-15(21)11-4-2-3-5-13(11)19/h2-8,19-20H,1H3,(H,18,21)/b17-8+. The minimum Gasteiger partial charge on any atom is -0.507 e. The molecule has 2 rings (SSSR count). The van der Waals surface area contributed by atoms with E-state index in [9.17, 15) is 15.0 Å². The lowest BCUT2D eigenvalue weighted by molar-refractivity contribution is 0.0952. The molecule has 3 N–H and O–H groups in total. The van der Waals surface area contributed by atoms with E-state index in [1.165, 1.54) is 25.5 Å². The normalized spacial score (nSPS) is 10.6. The van der Waals surface area contributed by atoms with Gasteiger partial charge in [0.1, 0.15) is 17.2 Å². The van der Waals surface area contributed by atoms with Gasteiger partial charge in [-0.25, -0.2) is 5.43 Å². The first kappa shape index (κ1) is 15.8. The zero-order valence-corrected chi connectivity index (χ0v) is 13.2. The predicted molar refractivity (Wildman–Crippen MR) is 85.5 cm³/mol. The second-order valence-electron chi connectivity index (χ2n) is 4.26. The van der Waals surface area contributed by atoms with Crippen molar-refractivity contribution >= 4 is 28.1 Å². The van der Waals surface area contributed by atoms with Gasteiger partial charge in [0.25, 0.3) is 5.91 Å². The highest BCUT2D eigenvalue weighted by Crippen LogP contribution is 2.31. The first-order chi connectivity index (χ1) is 10.5. The average molecular weight is 365 g/mol. The van der Waals surface area contributed by atoms with Gasteiger partial charge in [0, 0.05) is 5.56 Å². The van der Waals surface area contributed by atoms with Gasteiger partial charge < -0.3 is 14.9 Å². The van der Waals surface area contributed by atoms with E-state index in [4.69, 9.17) is 4.74 Å². The minimum atomic E-state index is -0.559. The Hall–Kier alpha value is -2.54. The smallest absolute Gasteiger partial charge is 0.275 e. The number of amides is 1. The fourth-order valence-corrected chi connectivity index (χ4v) is 2.15. The van der Waals surface area contributed by atoms with Crippen LogP contribution < -0.4 is 10.2 Å². The summed E-state index contributed by atoms with van der Waals surface area (Å²) < 4.78 is 5.52. The molecule has 0 saturated heterocycles. The Labute approximate surface area is 135 Å². The highest BCUT2D eigenvalue weighted by Gasteiger charge is 2.10. The van der Waals surface area contributed by atoms with Crippen molar-refractivity contribution in [2.45, 2.75) is 0 Å². The lowest BCUT2D eigenvalue weighted by Gasteiger charge is -2.06. The van der Waals surface area contributed by atoms with Crippen LogP contribution in [0.3, 0.4) is 0 Å². The fraction of sp³-hybridized carbons (Fsp3) is 0.0667. The van der Waals surface area contributed by atoms with Crippen molar-refractivity contribution in [3.63, 3.8) is 0 Å². The molecule has 1 amide bonds. The van der Waals surface area contributed by atoms with Crippen molar-refractivity contribution in [1.82, 2.24) is 5.43 Å². The second kappa shape index (κ2) is 6.95. The number of halogens is 1. The summed E-state index contributed by atoms with van der Waals surface area (Å²) in [5, 5.41) is 23.2. The highest BCUT2D eigenvalue weighted by molar-refractivity contribution is 9.10. The van der Waals surface area contributed by atoms with E-state index in [1.54, 1.807) is 24.3 Å². The molecule has 2 aromatic rings. The number of hydrogen-bond acceptors (Lipinski definition) is 5. The molecule has 0 aliphatic rings. The number of para-hydroxylation sites is 1. The highest BCUT2D eigenvalue weighted by atomic mass is 79.9. The minimum absolute atomic E-state index is 0.0265. The van der Waals surface area contributed by atoms with Crippen LogP contribution in [-0.2, 0) is 0 Å². The van der Waals surface area contributed by atoms with E-state index >= 15 is 0 Å². The molecular weight excluding hydrogens is 352 g/mol. The van der Waals surface area contributed by atoms with E-state index in [1.807, 2.05) is 0 Å². The van der Waals surface area contributed by atoms with E-state index in [-0.39, 0.29) is 17.1 Å². The lowest BCUT2D eigenvalue weighted by Crippen LogP contribution is -2.17. The van der Waals surface area contributed by atoms with Gasteiger partial charge in [0.2, 0.25) is 0 Å². The molecule has 114 valence electrons. The van der Waals surface area contributed by atoms with E-state index < -0.39 is 5.91 Å². The second-order valence-corrected chi connectivity index (χ2v) is 5.12. The Balaban J connectivity index is 2.15. The monoisotopic (exact) mass is 364 g/mol. The van der Waals surface area contributed by atoms with Crippen molar-refractivity contribution < 1.29 is 19.7 Å². The van der Waals surface area contributed by atoms with E-state index in [0.717, 1.165) is 0 Å². The number of phenolic OH excluding ortho intramolecular Hbond substituents is 2. The summed E-state index contributed by atoms with van der Waals surface area (Å²) >= 11 is 3.19. The number of hydrazone groups is 1. The van der Waals surface area contributed by atoms with Crippen molar-refractivity contribution in [2.24, 2.45) is 5.10 Å². The maximum absolute atomic E-state index is 11.8. The lowest BCUT2D eigenvalue weighted by atomic mass is 10.2. The molecule has 22 heavy (non-hydrogen) atoms. The Morgan fingerprint density at radius 3 is 2.73 bits per heavy atom. The third-order valence-corrected chi connectivity index (χ3v) is 3.42. The first-order valence-electron chi connectivity index (χ1n) is 6.21. The van der Waals surface area contributed by atoms with Crippen molar-refractivity contribution in [3.05, 3.63) is 52.0 Å². The Morgan fingerprint density at radius 1 is 1.32 bits per heavy atom. The molecule has 2 aromatic carbocycles. The summed E-state index contributed by atoms with van der Waals surface area (Å²) in [6, 6.07) is 9.29. The maximum Gasteiger partial charge on any atom is 0.275 e. The van der Waals surface area contributed by atoms with Crippen LogP contribution in [-0.4, -0.2) is 29.4 Å². The van der Waals surface area contributed by atoms with Gasteiger partial charge in [-0.1, -0.05) is 12.1 Å². The molecule has 7 heteroatoms. The average Bonchev–Trinajstić information content (AvgIpc) is 2.51. The fourth-order valence-electron chi connectivity index (χ4n) is 1.70. The summed E-state index contributed by atoms with van der Waals surface area (Å²) in [5.41, 5.74) is 2.75.